The summed E-state index contributed by atoms with van der Waals surface area (Å²) in [5.74, 6) is 0.313. The Morgan fingerprint density at radius 1 is 1.36 bits per heavy atom. The number of hydrogen-bond acceptors (Lipinski definition) is 2. The van der Waals surface area contributed by atoms with Gasteiger partial charge >= 0.3 is 0 Å². The van der Waals surface area contributed by atoms with Gasteiger partial charge in [-0.3, -0.25) is 4.79 Å². The van der Waals surface area contributed by atoms with Crippen molar-refractivity contribution < 1.29 is 13.9 Å². The molecule has 0 aliphatic carbocycles. The highest BCUT2D eigenvalue weighted by molar-refractivity contribution is 6.30. The highest BCUT2D eigenvalue weighted by atomic mass is 35.5. The molecule has 0 aromatic heterocycles. The van der Waals surface area contributed by atoms with E-state index >= 15 is 0 Å². The normalized spacial score (nSPS) is 15.8. The molecule has 28 heavy (non-hydrogen) atoms. The zero-order valence-corrected chi connectivity index (χ0v) is 17.7. The molecular formula is C23H29ClFNO2. The standard InChI is InChI=1S/C23H29ClFNO2/c1-5-7-16(3)22(11-8-17(4)24)28-21(6-2)23(27)26-13-12-18-9-10-20(25)14-19(18)15-26/h8-11,14,21H,4-7,12-13,15H2,1-3H3/b11-8-,22-16-. The number of fused-ring (bicyclic) bond motifs is 1. The maximum Gasteiger partial charge on any atom is 0.263 e. The number of allylic oxidation sites excluding steroid dienone is 4. The van der Waals surface area contributed by atoms with Gasteiger partial charge in [-0.15, -0.1) is 0 Å². The van der Waals surface area contributed by atoms with E-state index in [1.165, 1.54) is 12.1 Å². The van der Waals surface area contributed by atoms with Gasteiger partial charge in [0.05, 0.1) is 0 Å². The molecule has 1 amide bonds. The monoisotopic (exact) mass is 405 g/mol. The lowest BCUT2D eigenvalue weighted by molar-refractivity contribution is -0.142. The van der Waals surface area contributed by atoms with Crippen molar-refractivity contribution in [3.8, 4) is 0 Å². The minimum Gasteiger partial charge on any atom is -0.481 e. The molecule has 1 aromatic carbocycles. The summed E-state index contributed by atoms with van der Waals surface area (Å²) in [5, 5.41) is 0.402. The molecule has 1 unspecified atom stereocenters. The van der Waals surface area contributed by atoms with Crippen LogP contribution < -0.4 is 0 Å². The fourth-order valence-electron chi connectivity index (χ4n) is 3.33. The molecule has 0 bridgehead atoms. The van der Waals surface area contributed by atoms with Gasteiger partial charge in [0, 0.05) is 18.1 Å². The Bertz CT molecular complexity index is 785. The van der Waals surface area contributed by atoms with E-state index in [9.17, 15) is 9.18 Å². The van der Waals surface area contributed by atoms with Crippen LogP contribution in [0.15, 0.2) is 53.3 Å². The number of ether oxygens (including phenoxy) is 1. The highest BCUT2D eigenvalue weighted by Gasteiger charge is 2.28. The predicted octanol–water partition coefficient (Wildman–Crippen LogP) is 5.89. The lowest BCUT2D eigenvalue weighted by Crippen LogP contribution is -2.43. The van der Waals surface area contributed by atoms with E-state index in [1.807, 2.05) is 13.8 Å². The maximum absolute atomic E-state index is 13.6. The lowest BCUT2D eigenvalue weighted by Gasteiger charge is -2.32. The third kappa shape index (κ3) is 5.96. The molecular weight excluding hydrogens is 377 g/mol. The number of rotatable bonds is 8. The summed E-state index contributed by atoms with van der Waals surface area (Å²) in [4.78, 5) is 14.9. The smallest absolute Gasteiger partial charge is 0.263 e. The first-order valence-electron chi connectivity index (χ1n) is 9.80. The second kappa shape index (κ2) is 10.5. The number of hydrogen-bond donors (Lipinski definition) is 0. The number of carbonyl (C=O) groups is 1. The molecule has 5 heteroatoms. The molecule has 3 nitrogen and oxygen atoms in total. The van der Waals surface area contributed by atoms with E-state index in [4.69, 9.17) is 16.3 Å². The zero-order valence-electron chi connectivity index (χ0n) is 16.9. The zero-order chi connectivity index (χ0) is 20.7. The van der Waals surface area contributed by atoms with Gasteiger partial charge < -0.3 is 9.64 Å². The Kier molecular flexibility index (Phi) is 8.31. The van der Waals surface area contributed by atoms with Crippen LogP contribution in [0.3, 0.4) is 0 Å². The average Bonchev–Trinajstić information content (AvgIpc) is 2.67. The molecule has 1 aromatic rings. The van der Waals surface area contributed by atoms with Crippen molar-refractivity contribution in [2.24, 2.45) is 0 Å². The van der Waals surface area contributed by atoms with Crippen molar-refractivity contribution in [3.05, 3.63) is 70.2 Å². The number of halogens is 2. The van der Waals surface area contributed by atoms with E-state index in [2.05, 4.69) is 13.5 Å². The molecule has 1 aliphatic heterocycles. The summed E-state index contributed by atoms with van der Waals surface area (Å²) >= 11 is 5.85. The fourth-order valence-corrected chi connectivity index (χ4v) is 3.39. The Labute approximate surface area is 172 Å². The van der Waals surface area contributed by atoms with Gasteiger partial charge in [-0.05, 0) is 67.2 Å². The van der Waals surface area contributed by atoms with Gasteiger partial charge in [0.2, 0.25) is 0 Å². The van der Waals surface area contributed by atoms with Crippen molar-refractivity contribution in [1.29, 1.82) is 0 Å². The van der Waals surface area contributed by atoms with Crippen LogP contribution >= 0.6 is 11.6 Å². The fraction of sp³-hybridized carbons (Fsp3) is 0.435. The molecule has 1 atom stereocenters. The van der Waals surface area contributed by atoms with Gasteiger partial charge in [-0.2, -0.15) is 0 Å². The maximum atomic E-state index is 13.6. The molecule has 0 spiro atoms. The van der Waals surface area contributed by atoms with Crippen molar-refractivity contribution >= 4 is 17.5 Å². The minimum atomic E-state index is -0.592. The number of amides is 1. The topological polar surface area (TPSA) is 29.5 Å². The Morgan fingerprint density at radius 3 is 2.75 bits per heavy atom. The average molecular weight is 406 g/mol. The van der Waals surface area contributed by atoms with Crippen molar-refractivity contribution in [3.63, 3.8) is 0 Å². The molecule has 0 fully saturated rings. The van der Waals surface area contributed by atoms with E-state index in [0.717, 1.165) is 36.0 Å². The third-order valence-electron chi connectivity index (χ3n) is 4.87. The van der Waals surface area contributed by atoms with Crippen LogP contribution in [0.4, 0.5) is 4.39 Å². The van der Waals surface area contributed by atoms with Crippen LogP contribution in [-0.4, -0.2) is 23.5 Å². The summed E-state index contributed by atoms with van der Waals surface area (Å²) in [6.07, 6.45) is 5.98. The first-order chi connectivity index (χ1) is 13.3. The van der Waals surface area contributed by atoms with Gasteiger partial charge in [0.1, 0.15) is 11.6 Å². The Morgan fingerprint density at radius 2 is 2.11 bits per heavy atom. The second-order valence-electron chi connectivity index (χ2n) is 7.11. The van der Waals surface area contributed by atoms with Gasteiger partial charge in [-0.1, -0.05) is 44.5 Å². The molecule has 0 N–H and O–H groups in total. The largest absolute Gasteiger partial charge is 0.481 e. The quantitative estimate of drug-likeness (QED) is 0.398. The van der Waals surface area contributed by atoms with Crippen LogP contribution in [0.2, 0.25) is 0 Å². The van der Waals surface area contributed by atoms with Crippen molar-refractivity contribution in [1.82, 2.24) is 4.90 Å². The summed E-state index contributed by atoms with van der Waals surface area (Å²) in [6, 6.07) is 4.79. The summed E-state index contributed by atoms with van der Waals surface area (Å²) in [6.45, 7) is 10.7. The highest BCUT2D eigenvalue weighted by Crippen LogP contribution is 2.23. The Hall–Kier alpha value is -2.07. The lowest BCUT2D eigenvalue weighted by atomic mass is 9.99. The number of benzene rings is 1. The summed E-state index contributed by atoms with van der Waals surface area (Å²) in [7, 11) is 0. The second-order valence-corrected chi connectivity index (χ2v) is 7.60. The third-order valence-corrected chi connectivity index (χ3v) is 4.99. The first kappa shape index (κ1) is 22.2. The van der Waals surface area contributed by atoms with Crippen LogP contribution in [0.25, 0.3) is 0 Å². The van der Waals surface area contributed by atoms with E-state index in [1.54, 1.807) is 23.1 Å². The molecule has 2 rings (SSSR count). The number of carbonyl (C=O) groups excluding carboxylic acids is 1. The first-order valence-corrected chi connectivity index (χ1v) is 10.2. The summed E-state index contributed by atoms with van der Waals surface area (Å²) in [5.41, 5.74) is 3.03. The van der Waals surface area contributed by atoms with Crippen LogP contribution in [-0.2, 0) is 22.5 Å². The minimum absolute atomic E-state index is 0.0719. The van der Waals surface area contributed by atoms with Crippen molar-refractivity contribution in [2.75, 3.05) is 6.54 Å². The molecule has 0 saturated heterocycles. The van der Waals surface area contributed by atoms with Crippen LogP contribution in [0.5, 0.6) is 0 Å². The molecule has 0 radical (unpaired) electrons. The van der Waals surface area contributed by atoms with Gasteiger partial charge in [-0.25, -0.2) is 4.39 Å². The SMILES string of the molecule is C=C(Cl)/C=C\C(OC(CC)C(=O)N1CCc2ccc(F)cc2C1)=C(/C)CCC. The summed E-state index contributed by atoms with van der Waals surface area (Å²) < 4.78 is 19.7. The van der Waals surface area contributed by atoms with Crippen LogP contribution in [0, 0.1) is 5.82 Å². The van der Waals surface area contributed by atoms with Gasteiger partial charge in [0.15, 0.2) is 6.10 Å². The molecule has 0 saturated carbocycles. The van der Waals surface area contributed by atoms with E-state index in [-0.39, 0.29) is 11.7 Å². The molecule has 1 heterocycles. The van der Waals surface area contributed by atoms with Crippen LogP contribution in [0.1, 0.15) is 51.2 Å². The Balaban J connectivity index is 2.17. The number of nitrogens with zero attached hydrogens (tertiary/aromatic N) is 1. The molecule has 1 aliphatic rings. The van der Waals surface area contributed by atoms with E-state index in [0.29, 0.717) is 30.3 Å². The molecule has 152 valence electrons. The predicted molar refractivity (Wildman–Crippen MR) is 112 cm³/mol. The van der Waals surface area contributed by atoms with E-state index < -0.39 is 6.10 Å². The van der Waals surface area contributed by atoms with Gasteiger partial charge in [0.25, 0.3) is 5.91 Å². The van der Waals surface area contributed by atoms with Crippen molar-refractivity contribution in [2.45, 2.75) is 59.1 Å².